The minimum Gasteiger partial charge on any atom is -0.319 e. The third-order valence-electron chi connectivity index (χ3n) is 5.11. The molecule has 3 heterocycles. The van der Waals surface area contributed by atoms with Crippen molar-refractivity contribution in [1.29, 1.82) is 0 Å². The lowest BCUT2D eigenvalue weighted by molar-refractivity contribution is 0.0518. The second-order valence-corrected chi connectivity index (χ2v) is 7.50. The van der Waals surface area contributed by atoms with Crippen LogP contribution in [0.25, 0.3) is 0 Å². The number of benzene rings is 2. The van der Waals surface area contributed by atoms with Crippen LogP contribution in [-0.4, -0.2) is 22.6 Å². The molecule has 3 atom stereocenters. The van der Waals surface area contributed by atoms with E-state index in [-0.39, 0.29) is 10.8 Å². The van der Waals surface area contributed by atoms with E-state index in [4.69, 9.17) is 0 Å². The predicted molar refractivity (Wildman–Crippen MR) is 84.3 cm³/mol. The van der Waals surface area contributed by atoms with E-state index in [2.05, 4.69) is 47.4 Å². The maximum atomic E-state index is 12.8. The molecule has 0 unspecified atom stereocenters. The highest BCUT2D eigenvalue weighted by atomic mass is 32.2. The third kappa shape index (κ3) is 1.29. The van der Waals surface area contributed by atoms with Crippen molar-refractivity contribution in [3.05, 3.63) is 71.3 Å². The summed E-state index contributed by atoms with van der Waals surface area (Å²) in [4.78, 5) is 14.7. The first-order chi connectivity index (χ1) is 10.3. The largest absolute Gasteiger partial charge is 0.319 e. The van der Waals surface area contributed by atoms with Gasteiger partial charge in [0.1, 0.15) is 4.87 Å². The Labute approximate surface area is 128 Å². The molecule has 0 aliphatic carbocycles. The van der Waals surface area contributed by atoms with Crippen molar-refractivity contribution in [3.63, 3.8) is 0 Å². The fraction of sp³-hybridized carbons (Fsp3) is 0.278. The van der Waals surface area contributed by atoms with E-state index < -0.39 is 0 Å². The Hall–Kier alpha value is -1.74. The van der Waals surface area contributed by atoms with Crippen molar-refractivity contribution >= 4 is 17.7 Å². The topological polar surface area (TPSA) is 20.3 Å². The molecule has 0 aromatic heterocycles. The number of thioether (sulfide) groups is 1. The number of piperidine rings is 1. The van der Waals surface area contributed by atoms with Crippen molar-refractivity contribution < 1.29 is 4.79 Å². The number of carbonyl (C=O) groups is 1. The van der Waals surface area contributed by atoms with Crippen molar-refractivity contribution in [2.45, 2.75) is 22.5 Å². The molecule has 2 fully saturated rings. The van der Waals surface area contributed by atoms with Gasteiger partial charge in [0.25, 0.3) is 5.91 Å². The predicted octanol–water partition coefficient (Wildman–Crippen LogP) is 3.60. The van der Waals surface area contributed by atoms with E-state index in [1.807, 2.05) is 23.9 Å². The summed E-state index contributed by atoms with van der Waals surface area (Å²) in [5.41, 5.74) is 3.51. The lowest BCUT2D eigenvalue weighted by Gasteiger charge is -2.61. The summed E-state index contributed by atoms with van der Waals surface area (Å²) in [6.07, 6.45) is 1.10. The van der Waals surface area contributed by atoms with E-state index >= 15 is 0 Å². The molecular formula is C18H15NOS. The Morgan fingerprint density at radius 3 is 2.67 bits per heavy atom. The molecule has 104 valence electrons. The highest BCUT2D eigenvalue weighted by Gasteiger charge is 2.67. The summed E-state index contributed by atoms with van der Waals surface area (Å²) in [5.74, 6) is 0.655. The van der Waals surface area contributed by atoms with Crippen LogP contribution in [0.1, 0.15) is 33.8 Å². The van der Waals surface area contributed by atoms with Crippen molar-refractivity contribution in [1.82, 2.24) is 4.90 Å². The highest BCUT2D eigenvalue weighted by molar-refractivity contribution is 8.02. The first-order valence-corrected chi connectivity index (χ1v) is 8.34. The molecule has 0 saturated carbocycles. The molecule has 3 aliphatic rings. The number of nitrogens with zero attached hydrogens (tertiary/aromatic N) is 1. The molecule has 5 rings (SSSR count). The summed E-state index contributed by atoms with van der Waals surface area (Å²) < 4.78 is 0. The van der Waals surface area contributed by atoms with Gasteiger partial charge >= 0.3 is 0 Å². The average Bonchev–Trinajstić information content (AvgIpc) is 2.81. The van der Waals surface area contributed by atoms with Gasteiger partial charge in [-0.05, 0) is 18.1 Å². The molecule has 21 heavy (non-hydrogen) atoms. The van der Waals surface area contributed by atoms with E-state index in [0.29, 0.717) is 11.2 Å². The number of amides is 1. The quantitative estimate of drug-likeness (QED) is 0.800. The standard InChI is InChI=1S/C18H15NOS/c20-17-13-8-4-5-9-14(13)18-16(12-6-2-1-3-7-12)15(21-18)10-11-19(17)18/h1-9,15-16H,10-11H2/t15-,16-,18-/m0/s1. The molecule has 3 aliphatic heterocycles. The highest BCUT2D eigenvalue weighted by Crippen LogP contribution is 2.70. The number of hydrogen-bond donors (Lipinski definition) is 0. The van der Waals surface area contributed by atoms with Gasteiger partial charge in [-0.3, -0.25) is 4.79 Å². The Kier molecular flexibility index (Phi) is 2.21. The summed E-state index contributed by atoms with van der Waals surface area (Å²) in [7, 11) is 0. The number of carbonyl (C=O) groups excluding carboxylic acids is 1. The monoisotopic (exact) mass is 293 g/mol. The van der Waals surface area contributed by atoms with Crippen LogP contribution >= 0.6 is 11.8 Å². The Bertz CT molecular complexity index is 744. The van der Waals surface area contributed by atoms with Crippen LogP contribution in [0.4, 0.5) is 0 Å². The first-order valence-electron chi connectivity index (χ1n) is 7.46. The molecule has 2 aromatic carbocycles. The lowest BCUT2D eigenvalue weighted by atomic mass is 9.79. The van der Waals surface area contributed by atoms with Gasteiger partial charge in [-0.15, -0.1) is 11.8 Å². The maximum Gasteiger partial charge on any atom is 0.255 e. The average molecular weight is 293 g/mol. The fourth-order valence-corrected chi connectivity index (χ4v) is 6.29. The van der Waals surface area contributed by atoms with E-state index in [9.17, 15) is 4.79 Å². The van der Waals surface area contributed by atoms with Gasteiger partial charge in [-0.2, -0.15) is 0 Å². The summed E-state index contributed by atoms with van der Waals surface area (Å²) in [6, 6.07) is 18.9. The van der Waals surface area contributed by atoms with Crippen LogP contribution in [0, 0.1) is 0 Å². The van der Waals surface area contributed by atoms with Crippen molar-refractivity contribution in [2.24, 2.45) is 0 Å². The minimum absolute atomic E-state index is 0.141. The first kappa shape index (κ1) is 11.9. The normalized spacial score (nSPS) is 32.4. The molecule has 1 spiro atoms. The van der Waals surface area contributed by atoms with Crippen LogP contribution in [0.3, 0.4) is 0 Å². The van der Waals surface area contributed by atoms with E-state index in [1.165, 1.54) is 11.1 Å². The molecule has 2 nitrogen and oxygen atoms in total. The Balaban J connectivity index is 1.73. The Morgan fingerprint density at radius 2 is 1.81 bits per heavy atom. The molecule has 2 saturated heterocycles. The minimum atomic E-state index is -0.141. The molecule has 3 heteroatoms. The smallest absolute Gasteiger partial charge is 0.255 e. The molecule has 2 bridgehead atoms. The van der Waals surface area contributed by atoms with E-state index in [1.54, 1.807) is 0 Å². The number of hydrogen-bond acceptors (Lipinski definition) is 2. The van der Waals surface area contributed by atoms with Gasteiger partial charge in [-0.1, -0.05) is 48.5 Å². The van der Waals surface area contributed by atoms with Crippen molar-refractivity contribution in [2.75, 3.05) is 6.54 Å². The zero-order valence-corrected chi connectivity index (χ0v) is 12.3. The molecular weight excluding hydrogens is 278 g/mol. The summed E-state index contributed by atoms with van der Waals surface area (Å²) in [5, 5.41) is 0.641. The van der Waals surface area contributed by atoms with Gasteiger partial charge in [0.15, 0.2) is 0 Å². The third-order valence-corrected chi connectivity index (χ3v) is 6.97. The maximum absolute atomic E-state index is 12.8. The van der Waals surface area contributed by atoms with Crippen molar-refractivity contribution in [3.8, 4) is 0 Å². The second kappa shape index (κ2) is 3.92. The van der Waals surface area contributed by atoms with E-state index in [0.717, 1.165) is 18.5 Å². The van der Waals surface area contributed by atoms with Gasteiger partial charge < -0.3 is 4.90 Å². The summed E-state index contributed by atoms with van der Waals surface area (Å²) in [6.45, 7) is 0.897. The molecule has 0 N–H and O–H groups in total. The second-order valence-electron chi connectivity index (χ2n) is 6.03. The molecule has 1 amide bonds. The molecule has 0 radical (unpaired) electrons. The lowest BCUT2D eigenvalue weighted by Crippen LogP contribution is -2.61. The zero-order valence-electron chi connectivity index (χ0n) is 11.5. The van der Waals surface area contributed by atoms with Gasteiger partial charge in [0, 0.05) is 28.8 Å². The molecule has 2 aromatic rings. The summed E-state index contributed by atoms with van der Waals surface area (Å²) >= 11 is 1.99. The van der Waals surface area contributed by atoms with Crippen LogP contribution in [0.2, 0.25) is 0 Å². The van der Waals surface area contributed by atoms with Crippen LogP contribution < -0.4 is 0 Å². The Morgan fingerprint density at radius 1 is 1.05 bits per heavy atom. The number of fused-ring (bicyclic) bond motifs is 2. The van der Waals surface area contributed by atoms with Gasteiger partial charge in [0.2, 0.25) is 0 Å². The van der Waals surface area contributed by atoms with Crippen LogP contribution in [-0.2, 0) is 4.87 Å². The fourth-order valence-electron chi connectivity index (χ4n) is 4.29. The SMILES string of the molecule is O=C1c2ccccc2[C@@]23S[C@@H](CCN12)[C@@H]3c1ccccc1. The van der Waals surface area contributed by atoms with Crippen LogP contribution in [0.15, 0.2) is 54.6 Å². The van der Waals surface area contributed by atoms with Crippen LogP contribution in [0.5, 0.6) is 0 Å². The zero-order chi connectivity index (χ0) is 14.0. The number of rotatable bonds is 1. The van der Waals surface area contributed by atoms with Gasteiger partial charge in [0.05, 0.1) is 0 Å². The van der Waals surface area contributed by atoms with Gasteiger partial charge in [-0.25, -0.2) is 0 Å².